The average Bonchev–Trinajstić information content (AvgIpc) is 2.43. The number of benzene rings is 1. The molecule has 0 spiro atoms. The van der Waals surface area contributed by atoms with Crippen LogP contribution in [-0.2, 0) is 19.8 Å². The number of aliphatic hydroxyl groups excluding tert-OH is 1. The van der Waals surface area contributed by atoms with Gasteiger partial charge in [0, 0.05) is 10.6 Å². The maximum Gasteiger partial charge on any atom is 0.259 e. The van der Waals surface area contributed by atoms with Gasteiger partial charge in [0.1, 0.15) is 17.1 Å². The van der Waals surface area contributed by atoms with E-state index >= 15 is 0 Å². The molecule has 2 N–H and O–H groups in total. The molecule has 1 aliphatic rings. The Hall–Kier alpha value is -2.14. The van der Waals surface area contributed by atoms with E-state index in [1.54, 1.807) is 32.0 Å². The molecule has 0 heterocycles. The van der Waals surface area contributed by atoms with Crippen molar-refractivity contribution >= 4 is 34.8 Å². The van der Waals surface area contributed by atoms with Crippen LogP contribution >= 0.6 is 11.6 Å². The second-order valence-corrected chi connectivity index (χ2v) is 6.19. The molecule has 1 aromatic carbocycles. The zero-order valence-corrected chi connectivity index (χ0v) is 13.2. The number of nitrogens with one attached hydrogen (secondary N) is 1. The van der Waals surface area contributed by atoms with E-state index < -0.39 is 22.9 Å². The molecule has 0 unspecified atom stereocenters. The van der Waals surface area contributed by atoms with Gasteiger partial charge < -0.3 is 10.4 Å². The van der Waals surface area contributed by atoms with E-state index in [1.807, 2.05) is 0 Å². The SMILES string of the molecule is CC(=O)CNC(=O)C1=C(O)c2ccc(Cl)cc2C(C)(C)C1=O. The van der Waals surface area contributed by atoms with Crippen LogP contribution in [0.3, 0.4) is 0 Å². The van der Waals surface area contributed by atoms with Crippen molar-refractivity contribution in [3.05, 3.63) is 39.9 Å². The number of aliphatic hydroxyl groups is 1. The first kappa shape index (κ1) is 16.2. The standard InChI is InChI=1S/C16H16ClNO4/c1-8(19)7-18-15(22)12-13(20)10-5-4-9(17)6-11(10)16(2,3)14(12)21/h4-6,20H,7H2,1-3H3,(H,18,22). The molecule has 0 saturated carbocycles. The Kier molecular flexibility index (Phi) is 4.11. The van der Waals surface area contributed by atoms with Crippen molar-refractivity contribution in [2.45, 2.75) is 26.2 Å². The number of carbonyl (C=O) groups is 3. The molecule has 0 fully saturated rings. The molecule has 0 saturated heterocycles. The van der Waals surface area contributed by atoms with Crippen molar-refractivity contribution in [1.82, 2.24) is 5.32 Å². The number of fused-ring (bicyclic) bond motifs is 1. The largest absolute Gasteiger partial charge is 0.506 e. The predicted molar refractivity (Wildman–Crippen MR) is 82.7 cm³/mol. The Balaban J connectivity index is 2.56. The molecule has 0 bridgehead atoms. The minimum absolute atomic E-state index is 0.198. The van der Waals surface area contributed by atoms with Gasteiger partial charge in [-0.3, -0.25) is 14.4 Å². The number of Topliss-reactive ketones (excluding diaryl/α,β-unsaturated/α-hetero) is 2. The minimum atomic E-state index is -1.00. The molecule has 0 radical (unpaired) electrons. The van der Waals surface area contributed by atoms with Gasteiger partial charge in [-0.25, -0.2) is 0 Å². The van der Waals surface area contributed by atoms with Crippen LogP contribution in [0.4, 0.5) is 0 Å². The van der Waals surface area contributed by atoms with Crippen LogP contribution in [0.25, 0.3) is 5.76 Å². The van der Waals surface area contributed by atoms with E-state index in [0.717, 1.165) is 0 Å². The monoisotopic (exact) mass is 321 g/mol. The Morgan fingerprint density at radius 2 is 1.95 bits per heavy atom. The van der Waals surface area contributed by atoms with Crippen LogP contribution in [0, 0.1) is 0 Å². The lowest BCUT2D eigenvalue weighted by atomic mass is 9.71. The van der Waals surface area contributed by atoms with Crippen LogP contribution in [0.15, 0.2) is 23.8 Å². The quantitative estimate of drug-likeness (QED) is 0.836. The van der Waals surface area contributed by atoms with Crippen molar-refractivity contribution in [1.29, 1.82) is 0 Å². The van der Waals surface area contributed by atoms with Gasteiger partial charge in [0.2, 0.25) is 0 Å². The summed E-state index contributed by atoms with van der Waals surface area (Å²) < 4.78 is 0. The molecule has 0 aromatic heterocycles. The van der Waals surface area contributed by atoms with Gasteiger partial charge in [-0.1, -0.05) is 11.6 Å². The summed E-state index contributed by atoms with van der Waals surface area (Å²) >= 11 is 5.96. The molecule has 6 heteroatoms. The van der Waals surface area contributed by atoms with Crippen molar-refractivity contribution in [3.8, 4) is 0 Å². The number of carbonyl (C=O) groups excluding carboxylic acids is 3. The number of ketones is 2. The zero-order chi connectivity index (χ0) is 16.7. The van der Waals surface area contributed by atoms with E-state index in [4.69, 9.17) is 11.6 Å². The van der Waals surface area contributed by atoms with E-state index in [2.05, 4.69) is 5.32 Å². The molecular formula is C16H16ClNO4. The number of halogens is 1. The lowest BCUT2D eigenvalue weighted by Gasteiger charge is -2.31. The van der Waals surface area contributed by atoms with Crippen LogP contribution in [0.2, 0.25) is 5.02 Å². The fourth-order valence-corrected chi connectivity index (χ4v) is 2.59. The molecule has 1 aromatic rings. The Morgan fingerprint density at radius 1 is 1.32 bits per heavy atom. The van der Waals surface area contributed by atoms with Gasteiger partial charge in [-0.2, -0.15) is 0 Å². The third-order valence-electron chi connectivity index (χ3n) is 3.67. The zero-order valence-electron chi connectivity index (χ0n) is 12.5. The van der Waals surface area contributed by atoms with Gasteiger partial charge in [0.05, 0.1) is 12.0 Å². The molecule has 0 atom stereocenters. The highest BCUT2D eigenvalue weighted by atomic mass is 35.5. The minimum Gasteiger partial charge on any atom is -0.506 e. The second-order valence-electron chi connectivity index (χ2n) is 5.75. The van der Waals surface area contributed by atoms with Crippen molar-refractivity contribution in [2.75, 3.05) is 6.54 Å². The molecule has 2 rings (SSSR count). The summed E-state index contributed by atoms with van der Waals surface area (Å²) in [6.07, 6.45) is 0. The number of rotatable bonds is 3. The highest BCUT2D eigenvalue weighted by Gasteiger charge is 2.43. The normalized spacial score (nSPS) is 16.3. The van der Waals surface area contributed by atoms with Gasteiger partial charge >= 0.3 is 0 Å². The van der Waals surface area contributed by atoms with Gasteiger partial charge in [0.15, 0.2) is 5.78 Å². The molecule has 1 amide bonds. The predicted octanol–water partition coefficient (Wildman–Crippen LogP) is 2.17. The summed E-state index contributed by atoms with van der Waals surface area (Å²) in [5, 5.41) is 13.1. The highest BCUT2D eigenvalue weighted by molar-refractivity contribution is 6.31. The summed E-state index contributed by atoms with van der Waals surface area (Å²) in [4.78, 5) is 35.7. The van der Waals surface area contributed by atoms with E-state index in [-0.39, 0.29) is 17.9 Å². The molecule has 1 aliphatic carbocycles. The molecular weight excluding hydrogens is 306 g/mol. The fraction of sp³-hybridized carbons (Fsp3) is 0.312. The fourth-order valence-electron chi connectivity index (χ4n) is 2.42. The average molecular weight is 322 g/mol. The molecule has 116 valence electrons. The topological polar surface area (TPSA) is 83.5 Å². The van der Waals surface area contributed by atoms with E-state index in [9.17, 15) is 19.5 Å². The van der Waals surface area contributed by atoms with Crippen molar-refractivity contribution < 1.29 is 19.5 Å². The smallest absolute Gasteiger partial charge is 0.259 e. The first-order chi connectivity index (χ1) is 10.2. The van der Waals surface area contributed by atoms with Gasteiger partial charge in [-0.05, 0) is 44.5 Å². The van der Waals surface area contributed by atoms with Gasteiger partial charge in [0.25, 0.3) is 5.91 Å². The molecule has 0 aliphatic heterocycles. The van der Waals surface area contributed by atoms with Gasteiger partial charge in [-0.15, -0.1) is 0 Å². The number of hydrogen-bond acceptors (Lipinski definition) is 4. The Labute approximate surface area is 133 Å². The Bertz CT molecular complexity index is 719. The maximum atomic E-state index is 12.6. The third kappa shape index (κ3) is 2.64. The number of hydrogen-bond donors (Lipinski definition) is 2. The van der Waals surface area contributed by atoms with Crippen LogP contribution in [-0.4, -0.2) is 29.1 Å². The summed E-state index contributed by atoms with van der Waals surface area (Å²) in [5.41, 5.74) is -0.385. The van der Waals surface area contributed by atoms with Crippen molar-refractivity contribution in [3.63, 3.8) is 0 Å². The van der Waals surface area contributed by atoms with Crippen molar-refractivity contribution in [2.24, 2.45) is 0 Å². The summed E-state index contributed by atoms with van der Waals surface area (Å²) in [6, 6.07) is 4.75. The Morgan fingerprint density at radius 3 is 2.55 bits per heavy atom. The lowest BCUT2D eigenvalue weighted by molar-refractivity contribution is -0.126. The second kappa shape index (κ2) is 5.57. The number of amides is 1. The van der Waals surface area contributed by atoms with Crippen LogP contribution in [0.1, 0.15) is 31.9 Å². The third-order valence-corrected chi connectivity index (χ3v) is 3.90. The van der Waals surface area contributed by atoms with E-state index in [0.29, 0.717) is 16.1 Å². The van der Waals surface area contributed by atoms with Crippen LogP contribution in [0.5, 0.6) is 0 Å². The first-order valence-corrected chi connectivity index (χ1v) is 7.10. The summed E-state index contributed by atoms with van der Waals surface area (Å²) in [6.45, 7) is 4.44. The maximum absolute atomic E-state index is 12.6. The molecule has 5 nitrogen and oxygen atoms in total. The molecule has 22 heavy (non-hydrogen) atoms. The van der Waals surface area contributed by atoms with E-state index in [1.165, 1.54) is 6.92 Å². The van der Waals surface area contributed by atoms with Crippen LogP contribution < -0.4 is 5.32 Å². The lowest BCUT2D eigenvalue weighted by Crippen LogP contribution is -2.42. The highest BCUT2D eigenvalue weighted by Crippen LogP contribution is 2.40. The first-order valence-electron chi connectivity index (χ1n) is 6.72. The summed E-state index contributed by atoms with van der Waals surface area (Å²) in [5.74, 6) is -1.91. The summed E-state index contributed by atoms with van der Waals surface area (Å²) in [7, 11) is 0.